The van der Waals surface area contributed by atoms with Crippen LogP contribution in [0.2, 0.25) is 5.02 Å². The van der Waals surface area contributed by atoms with E-state index in [-0.39, 0.29) is 5.88 Å². The van der Waals surface area contributed by atoms with Crippen molar-refractivity contribution in [3.8, 4) is 11.5 Å². The fraction of sp³-hybridized carbons (Fsp3) is 0.200. The average Bonchev–Trinajstić information content (AvgIpc) is 2.78. The van der Waals surface area contributed by atoms with Crippen LogP contribution in [0.3, 0.4) is 0 Å². The maximum absolute atomic E-state index is 6.04. The van der Waals surface area contributed by atoms with Crippen LogP contribution in [0.1, 0.15) is 11.4 Å². The highest BCUT2D eigenvalue weighted by molar-refractivity contribution is 6.33. The van der Waals surface area contributed by atoms with Gasteiger partial charge in [-0.1, -0.05) is 22.8 Å². The van der Waals surface area contributed by atoms with Gasteiger partial charge in [0.15, 0.2) is 5.82 Å². The molecule has 0 saturated heterocycles. The molecule has 0 atom stereocenters. The molecule has 1 heterocycles. The molecule has 0 aliphatic heterocycles. The largest absolute Gasteiger partial charge is 0.334 e. The Bertz CT molecular complexity index is 499. The van der Waals surface area contributed by atoms with E-state index >= 15 is 0 Å². The fourth-order valence-electron chi connectivity index (χ4n) is 1.28. The maximum atomic E-state index is 6.04. The van der Waals surface area contributed by atoms with E-state index in [0.29, 0.717) is 28.8 Å². The summed E-state index contributed by atoms with van der Waals surface area (Å²) in [5, 5.41) is 4.24. The molecule has 2 N–H and O–H groups in total. The average molecular weight is 258 g/mol. The lowest BCUT2D eigenvalue weighted by Gasteiger charge is -2.01. The van der Waals surface area contributed by atoms with Gasteiger partial charge in [0.25, 0.3) is 5.89 Å². The minimum atomic E-state index is 0.206. The van der Waals surface area contributed by atoms with Gasteiger partial charge < -0.3 is 10.3 Å². The minimum Gasteiger partial charge on any atom is -0.334 e. The highest BCUT2D eigenvalue weighted by Crippen LogP contribution is 2.27. The van der Waals surface area contributed by atoms with E-state index in [1.165, 1.54) is 0 Å². The van der Waals surface area contributed by atoms with E-state index in [9.17, 15) is 0 Å². The van der Waals surface area contributed by atoms with Crippen molar-refractivity contribution >= 4 is 23.2 Å². The van der Waals surface area contributed by atoms with Gasteiger partial charge in [0.2, 0.25) is 0 Å². The third-order valence-corrected chi connectivity index (χ3v) is 2.65. The number of hydrogen-bond acceptors (Lipinski definition) is 4. The van der Waals surface area contributed by atoms with Crippen LogP contribution < -0.4 is 5.73 Å². The van der Waals surface area contributed by atoms with Gasteiger partial charge in [-0.3, -0.25) is 0 Å². The molecule has 84 valence electrons. The number of halogens is 2. The molecule has 4 nitrogen and oxygen atoms in total. The van der Waals surface area contributed by atoms with Crippen molar-refractivity contribution in [2.24, 2.45) is 5.73 Å². The van der Waals surface area contributed by atoms with Gasteiger partial charge >= 0.3 is 0 Å². The van der Waals surface area contributed by atoms with Crippen LogP contribution in [-0.2, 0) is 12.4 Å². The van der Waals surface area contributed by atoms with Crippen molar-refractivity contribution in [3.63, 3.8) is 0 Å². The van der Waals surface area contributed by atoms with Crippen molar-refractivity contribution in [1.82, 2.24) is 10.1 Å². The third kappa shape index (κ3) is 2.19. The molecule has 0 saturated carbocycles. The van der Waals surface area contributed by atoms with Crippen LogP contribution in [0.4, 0.5) is 0 Å². The van der Waals surface area contributed by atoms with Gasteiger partial charge in [-0.25, -0.2) is 0 Å². The molecular weight excluding hydrogens is 249 g/mol. The third-order valence-electron chi connectivity index (χ3n) is 2.08. The molecule has 0 fully saturated rings. The Morgan fingerprint density at radius 1 is 1.38 bits per heavy atom. The first-order valence-corrected chi connectivity index (χ1v) is 5.53. The standard InChI is InChI=1S/C10H9Cl2N3O/c11-4-9-14-10(16-15-9)7-3-6(5-13)1-2-8(7)12/h1-3H,4-5,13H2. The SMILES string of the molecule is NCc1ccc(Cl)c(-c2nc(CCl)no2)c1. The maximum Gasteiger partial charge on any atom is 0.259 e. The smallest absolute Gasteiger partial charge is 0.259 e. The highest BCUT2D eigenvalue weighted by Gasteiger charge is 2.12. The molecule has 16 heavy (non-hydrogen) atoms. The van der Waals surface area contributed by atoms with Crippen LogP contribution >= 0.6 is 23.2 Å². The Hall–Kier alpha value is -1.10. The summed E-state index contributed by atoms with van der Waals surface area (Å²) in [5.41, 5.74) is 7.17. The predicted octanol–water partition coefficient (Wildman–Crippen LogP) is 2.59. The summed E-state index contributed by atoms with van der Waals surface area (Å²) in [6, 6.07) is 5.43. The molecular formula is C10H9Cl2N3O. The molecule has 0 bridgehead atoms. The van der Waals surface area contributed by atoms with Crippen LogP contribution in [0.25, 0.3) is 11.5 Å². The number of rotatable bonds is 3. The zero-order valence-electron chi connectivity index (χ0n) is 8.28. The van der Waals surface area contributed by atoms with E-state index in [4.69, 9.17) is 33.5 Å². The molecule has 2 aromatic rings. The normalized spacial score (nSPS) is 10.7. The first kappa shape index (κ1) is 11.4. The summed E-state index contributed by atoms with van der Waals surface area (Å²) < 4.78 is 5.05. The van der Waals surface area contributed by atoms with Gasteiger partial charge in [-0.15, -0.1) is 11.6 Å². The Morgan fingerprint density at radius 3 is 2.81 bits per heavy atom. The van der Waals surface area contributed by atoms with Crippen molar-refractivity contribution < 1.29 is 4.52 Å². The van der Waals surface area contributed by atoms with Gasteiger partial charge in [0.1, 0.15) is 0 Å². The molecule has 0 spiro atoms. The van der Waals surface area contributed by atoms with Crippen molar-refractivity contribution in [2.75, 3.05) is 0 Å². The van der Waals surface area contributed by atoms with Gasteiger partial charge in [-0.05, 0) is 17.7 Å². The monoisotopic (exact) mass is 257 g/mol. The molecule has 0 unspecified atom stereocenters. The number of alkyl halides is 1. The van der Waals surface area contributed by atoms with Gasteiger partial charge in [0, 0.05) is 6.54 Å². The van der Waals surface area contributed by atoms with E-state index in [1.54, 1.807) is 6.07 Å². The van der Waals surface area contributed by atoms with Crippen LogP contribution in [0.5, 0.6) is 0 Å². The van der Waals surface area contributed by atoms with E-state index in [2.05, 4.69) is 10.1 Å². The second-order valence-corrected chi connectivity index (χ2v) is 3.84. The number of benzene rings is 1. The topological polar surface area (TPSA) is 64.9 Å². The zero-order chi connectivity index (χ0) is 11.5. The molecule has 1 aromatic carbocycles. The lowest BCUT2D eigenvalue weighted by atomic mass is 10.1. The Balaban J connectivity index is 2.45. The Labute approximate surface area is 102 Å². The number of nitrogens with two attached hydrogens (primary N) is 1. The molecule has 0 aliphatic rings. The van der Waals surface area contributed by atoms with Gasteiger partial charge in [0.05, 0.1) is 16.5 Å². The number of hydrogen-bond donors (Lipinski definition) is 1. The number of nitrogens with zero attached hydrogens (tertiary/aromatic N) is 2. The minimum absolute atomic E-state index is 0.206. The summed E-state index contributed by atoms with van der Waals surface area (Å²) in [6.45, 7) is 0.431. The molecule has 6 heteroatoms. The summed E-state index contributed by atoms with van der Waals surface area (Å²) in [4.78, 5) is 4.10. The van der Waals surface area contributed by atoms with E-state index in [0.717, 1.165) is 5.56 Å². The van der Waals surface area contributed by atoms with Gasteiger partial charge in [-0.2, -0.15) is 4.98 Å². The fourth-order valence-corrected chi connectivity index (χ4v) is 1.59. The summed E-state index contributed by atoms with van der Waals surface area (Å²) >= 11 is 11.6. The molecule has 1 aromatic heterocycles. The van der Waals surface area contributed by atoms with Crippen molar-refractivity contribution in [1.29, 1.82) is 0 Å². The van der Waals surface area contributed by atoms with E-state index < -0.39 is 0 Å². The first-order chi connectivity index (χ1) is 7.74. The second-order valence-electron chi connectivity index (χ2n) is 3.17. The highest BCUT2D eigenvalue weighted by atomic mass is 35.5. The molecule has 0 aliphatic carbocycles. The molecule has 2 rings (SSSR count). The molecule has 0 amide bonds. The lowest BCUT2D eigenvalue weighted by molar-refractivity contribution is 0.425. The van der Waals surface area contributed by atoms with E-state index in [1.807, 2.05) is 12.1 Å². The number of aromatic nitrogens is 2. The van der Waals surface area contributed by atoms with Crippen molar-refractivity contribution in [2.45, 2.75) is 12.4 Å². The Morgan fingerprint density at radius 2 is 2.19 bits per heavy atom. The van der Waals surface area contributed by atoms with Crippen LogP contribution in [0, 0.1) is 0 Å². The van der Waals surface area contributed by atoms with Crippen LogP contribution in [-0.4, -0.2) is 10.1 Å². The molecule has 0 radical (unpaired) electrons. The lowest BCUT2D eigenvalue weighted by Crippen LogP contribution is -1.96. The summed E-state index contributed by atoms with van der Waals surface area (Å²) in [6.07, 6.45) is 0. The Kier molecular flexibility index (Phi) is 3.43. The second kappa shape index (κ2) is 4.82. The first-order valence-electron chi connectivity index (χ1n) is 4.62. The van der Waals surface area contributed by atoms with Crippen molar-refractivity contribution in [3.05, 3.63) is 34.6 Å². The zero-order valence-corrected chi connectivity index (χ0v) is 9.79. The summed E-state index contributed by atoms with van der Waals surface area (Å²) in [5.74, 6) is 0.999. The summed E-state index contributed by atoms with van der Waals surface area (Å²) in [7, 11) is 0. The van der Waals surface area contributed by atoms with Crippen LogP contribution in [0.15, 0.2) is 22.7 Å². The quantitative estimate of drug-likeness (QED) is 0.859. The predicted molar refractivity (Wildman–Crippen MR) is 62.2 cm³/mol.